The van der Waals surface area contributed by atoms with Crippen molar-refractivity contribution in [2.45, 2.75) is 12.4 Å². The molecule has 1 amide bonds. The van der Waals surface area contributed by atoms with Gasteiger partial charge >= 0.3 is 0 Å². The number of anilines is 1. The molecule has 3 rings (SSSR count). The summed E-state index contributed by atoms with van der Waals surface area (Å²) in [5.74, 6) is 1.08. The van der Waals surface area contributed by atoms with Gasteiger partial charge in [-0.15, -0.1) is 0 Å². The molecule has 0 radical (unpaired) electrons. The first-order chi connectivity index (χ1) is 12.9. The maximum absolute atomic E-state index is 12.4. The third kappa shape index (κ3) is 4.54. The zero-order valence-corrected chi connectivity index (χ0v) is 18.1. The van der Waals surface area contributed by atoms with E-state index in [1.165, 1.54) is 11.8 Å². The van der Waals surface area contributed by atoms with Crippen LogP contribution in [0.25, 0.3) is 6.08 Å². The lowest BCUT2D eigenvalue weighted by Crippen LogP contribution is -2.31. The molecule has 0 aromatic heterocycles. The summed E-state index contributed by atoms with van der Waals surface area (Å²) in [4.78, 5) is 13.0. The van der Waals surface area contributed by atoms with Crippen LogP contribution in [-0.4, -0.2) is 25.6 Å². The summed E-state index contributed by atoms with van der Waals surface area (Å²) < 4.78 is 11.4. The minimum atomic E-state index is -0.262. The third-order valence-corrected chi connectivity index (χ3v) is 5.95. The second-order valence-electron chi connectivity index (χ2n) is 5.81. The fourth-order valence-electron chi connectivity index (χ4n) is 2.62. The highest BCUT2D eigenvalue weighted by molar-refractivity contribution is 9.10. The molecule has 2 aromatic rings. The Hall–Kier alpha value is -1.83. The highest BCUT2D eigenvalue weighted by atomic mass is 79.9. The molecule has 0 bridgehead atoms. The number of hydrogen-bond acceptors (Lipinski definition) is 5. The zero-order chi connectivity index (χ0) is 19.6. The van der Waals surface area contributed by atoms with Crippen molar-refractivity contribution in [3.05, 3.63) is 55.9 Å². The Labute approximate surface area is 175 Å². The first-order valence-electron chi connectivity index (χ1n) is 8.04. The third-order valence-electron chi connectivity index (χ3n) is 4.00. The van der Waals surface area contributed by atoms with Gasteiger partial charge in [0.15, 0.2) is 17.0 Å². The van der Waals surface area contributed by atoms with Crippen molar-refractivity contribution in [3.63, 3.8) is 0 Å². The molecule has 1 fully saturated rings. The van der Waals surface area contributed by atoms with Crippen LogP contribution < -0.4 is 20.1 Å². The van der Waals surface area contributed by atoms with Gasteiger partial charge in [0.1, 0.15) is 0 Å². The number of halogens is 2. The Kier molecular flexibility index (Phi) is 6.24. The van der Waals surface area contributed by atoms with Crippen LogP contribution in [0.2, 0.25) is 5.02 Å². The highest BCUT2D eigenvalue weighted by Crippen LogP contribution is 2.37. The second-order valence-corrected chi connectivity index (χ2v) is 8.25. The molecule has 2 N–H and O–H groups in total. The largest absolute Gasteiger partial charge is 0.493 e. The van der Waals surface area contributed by atoms with Crippen molar-refractivity contribution in [3.8, 4) is 11.5 Å². The lowest BCUT2D eigenvalue weighted by molar-refractivity contribution is -0.116. The van der Waals surface area contributed by atoms with Gasteiger partial charge in [-0.2, -0.15) is 0 Å². The minimum absolute atomic E-state index is 0.134. The van der Waals surface area contributed by atoms with Gasteiger partial charge in [-0.1, -0.05) is 39.3 Å². The standard InChI is InChI=1S/C19H18BrClN2O3S/c1-10-6-12(21)4-5-14(10)22-19-23-18(24)17(27-19)8-11-7-15(25-2)16(26-3)9-13(11)20/h4-9,19,22H,1-3H3,(H,23,24)/b17-8-. The van der Waals surface area contributed by atoms with Crippen molar-refractivity contribution in [2.24, 2.45) is 0 Å². The zero-order valence-electron chi connectivity index (χ0n) is 14.9. The van der Waals surface area contributed by atoms with E-state index < -0.39 is 0 Å². The van der Waals surface area contributed by atoms with E-state index in [9.17, 15) is 4.79 Å². The average Bonchev–Trinajstić information content (AvgIpc) is 2.98. The van der Waals surface area contributed by atoms with E-state index in [0.29, 0.717) is 21.4 Å². The molecule has 1 saturated heterocycles. The first-order valence-corrected chi connectivity index (χ1v) is 10.1. The molecule has 1 aliphatic heterocycles. The van der Waals surface area contributed by atoms with Crippen LogP contribution in [0.1, 0.15) is 11.1 Å². The van der Waals surface area contributed by atoms with Gasteiger partial charge in [0, 0.05) is 15.2 Å². The molecule has 1 heterocycles. The predicted octanol–water partition coefficient (Wildman–Crippen LogP) is 5.03. The molecule has 1 atom stereocenters. The molecule has 5 nitrogen and oxygen atoms in total. The molecule has 1 aliphatic rings. The van der Waals surface area contributed by atoms with Crippen molar-refractivity contribution < 1.29 is 14.3 Å². The predicted molar refractivity (Wildman–Crippen MR) is 115 cm³/mol. The molecule has 27 heavy (non-hydrogen) atoms. The van der Waals surface area contributed by atoms with Gasteiger partial charge in [0.2, 0.25) is 0 Å². The normalized spacial score (nSPS) is 17.7. The van der Waals surface area contributed by atoms with Crippen molar-refractivity contribution in [1.29, 1.82) is 0 Å². The minimum Gasteiger partial charge on any atom is -0.493 e. The van der Waals surface area contributed by atoms with E-state index in [1.54, 1.807) is 14.2 Å². The molecule has 0 aliphatic carbocycles. The lowest BCUT2D eigenvalue weighted by atomic mass is 10.2. The van der Waals surface area contributed by atoms with E-state index >= 15 is 0 Å². The van der Waals surface area contributed by atoms with Crippen LogP contribution in [0.3, 0.4) is 0 Å². The number of benzene rings is 2. The van der Waals surface area contributed by atoms with Gasteiger partial charge in [0.25, 0.3) is 5.91 Å². The molecular weight excluding hydrogens is 452 g/mol. The number of ether oxygens (including phenoxy) is 2. The van der Waals surface area contributed by atoms with Crippen LogP contribution >= 0.6 is 39.3 Å². The number of thioether (sulfide) groups is 1. The fourth-order valence-corrected chi connectivity index (χ4v) is 4.25. The van der Waals surface area contributed by atoms with Crippen LogP contribution in [0.4, 0.5) is 5.69 Å². The summed E-state index contributed by atoms with van der Waals surface area (Å²) in [6.45, 7) is 1.97. The summed E-state index contributed by atoms with van der Waals surface area (Å²) in [5, 5.41) is 6.92. The molecular formula is C19H18BrClN2O3S. The van der Waals surface area contributed by atoms with Crippen molar-refractivity contribution >= 4 is 57.0 Å². The van der Waals surface area contributed by atoms with Gasteiger partial charge in [0.05, 0.1) is 19.1 Å². The molecule has 0 saturated carbocycles. The average molecular weight is 470 g/mol. The Morgan fingerprint density at radius 2 is 1.93 bits per heavy atom. The van der Waals surface area contributed by atoms with Crippen LogP contribution in [0.5, 0.6) is 11.5 Å². The van der Waals surface area contributed by atoms with E-state index in [4.69, 9.17) is 21.1 Å². The molecule has 0 spiro atoms. The molecule has 1 unspecified atom stereocenters. The van der Waals surface area contributed by atoms with Gasteiger partial charge in [-0.3, -0.25) is 4.79 Å². The highest BCUT2D eigenvalue weighted by Gasteiger charge is 2.27. The maximum Gasteiger partial charge on any atom is 0.260 e. The summed E-state index contributed by atoms with van der Waals surface area (Å²) in [5.41, 5.74) is 2.50. The number of carbonyl (C=O) groups is 1. The van der Waals surface area contributed by atoms with Gasteiger partial charge in [-0.25, -0.2) is 0 Å². The number of nitrogens with one attached hydrogen (secondary N) is 2. The number of aryl methyl sites for hydroxylation is 1. The van der Waals surface area contributed by atoms with Gasteiger partial charge < -0.3 is 20.1 Å². The van der Waals surface area contributed by atoms with Crippen LogP contribution in [0, 0.1) is 6.92 Å². The van der Waals surface area contributed by atoms with E-state index in [2.05, 4.69) is 26.6 Å². The number of hydrogen-bond donors (Lipinski definition) is 2. The summed E-state index contributed by atoms with van der Waals surface area (Å²) in [6.07, 6.45) is 1.82. The van der Waals surface area contributed by atoms with Crippen LogP contribution in [0.15, 0.2) is 39.7 Å². The van der Waals surface area contributed by atoms with E-state index in [0.717, 1.165) is 21.3 Å². The first kappa shape index (κ1) is 19.9. The molecule has 142 valence electrons. The Bertz CT molecular complexity index is 920. The Balaban J connectivity index is 1.81. The van der Waals surface area contributed by atoms with Crippen molar-refractivity contribution in [1.82, 2.24) is 5.32 Å². The Morgan fingerprint density at radius 3 is 2.59 bits per heavy atom. The fraction of sp³-hybridized carbons (Fsp3) is 0.211. The molecule has 2 aromatic carbocycles. The quantitative estimate of drug-likeness (QED) is 0.602. The maximum atomic E-state index is 12.4. The number of carbonyl (C=O) groups excluding carboxylic acids is 1. The second kappa shape index (κ2) is 8.46. The summed E-state index contributed by atoms with van der Waals surface area (Å²) in [7, 11) is 3.16. The monoisotopic (exact) mass is 468 g/mol. The van der Waals surface area contributed by atoms with Gasteiger partial charge in [-0.05, 0) is 54.5 Å². The summed E-state index contributed by atoms with van der Waals surface area (Å²) in [6, 6.07) is 9.24. The van der Waals surface area contributed by atoms with E-state index in [-0.39, 0.29) is 11.4 Å². The van der Waals surface area contributed by atoms with Crippen molar-refractivity contribution in [2.75, 3.05) is 19.5 Å². The topological polar surface area (TPSA) is 59.6 Å². The number of rotatable bonds is 5. The Morgan fingerprint density at radius 1 is 1.22 bits per heavy atom. The molecule has 8 heteroatoms. The number of amides is 1. The summed E-state index contributed by atoms with van der Waals surface area (Å²) >= 11 is 10.9. The lowest BCUT2D eigenvalue weighted by Gasteiger charge is -2.15. The van der Waals surface area contributed by atoms with Crippen LogP contribution in [-0.2, 0) is 4.79 Å². The smallest absolute Gasteiger partial charge is 0.260 e. The SMILES string of the molecule is COc1cc(Br)c(/C=C2\SC(Nc3ccc(Cl)cc3C)NC2=O)cc1OC. The number of methoxy groups -OCH3 is 2. The van der Waals surface area contributed by atoms with E-state index in [1.807, 2.05) is 43.3 Å².